The molecule has 1 heterocycles. The van der Waals surface area contributed by atoms with E-state index in [1.54, 1.807) is 0 Å². The van der Waals surface area contributed by atoms with Crippen molar-refractivity contribution in [2.45, 2.75) is 18.9 Å². The first-order valence-corrected chi connectivity index (χ1v) is 12.2. The molecule has 0 radical (unpaired) electrons. The van der Waals surface area contributed by atoms with Crippen molar-refractivity contribution < 1.29 is 24.2 Å². The summed E-state index contributed by atoms with van der Waals surface area (Å²) in [6, 6.07) is 18.8. The number of carbonyl (C=O) groups is 1. The van der Waals surface area contributed by atoms with Crippen molar-refractivity contribution in [2.24, 2.45) is 0 Å². The Labute approximate surface area is 210 Å². The van der Waals surface area contributed by atoms with Crippen LogP contribution in [-0.4, -0.2) is 80.0 Å². The van der Waals surface area contributed by atoms with Gasteiger partial charge in [-0.2, -0.15) is 0 Å². The summed E-state index contributed by atoms with van der Waals surface area (Å²) in [5.74, 6) is -0.432. The van der Waals surface area contributed by atoms with Crippen molar-refractivity contribution in [1.29, 1.82) is 0 Å². The summed E-state index contributed by atoms with van der Waals surface area (Å²) < 4.78 is 10.5. The van der Waals surface area contributed by atoms with E-state index in [0.29, 0.717) is 19.4 Å². The number of esters is 1. The highest BCUT2D eigenvalue weighted by atomic mass is 35.5. The van der Waals surface area contributed by atoms with Gasteiger partial charge in [0.25, 0.3) is 5.09 Å². The molecule has 2 aromatic rings. The number of rotatable bonds is 14. The number of hydrogen-bond acceptors (Lipinski definition) is 8. The van der Waals surface area contributed by atoms with Crippen LogP contribution in [0.2, 0.25) is 5.02 Å². The fourth-order valence-corrected chi connectivity index (χ4v) is 4.19. The van der Waals surface area contributed by atoms with E-state index in [2.05, 4.69) is 51.0 Å². The van der Waals surface area contributed by atoms with Gasteiger partial charge in [-0.3, -0.25) is 9.80 Å². The van der Waals surface area contributed by atoms with Crippen LogP contribution in [-0.2, 0) is 19.1 Å². The second-order valence-electron chi connectivity index (χ2n) is 8.28. The van der Waals surface area contributed by atoms with E-state index in [1.807, 2.05) is 18.2 Å². The molecule has 1 unspecified atom stereocenters. The molecule has 10 heteroatoms. The lowest BCUT2D eigenvalue weighted by atomic mass is 9.96. The molecule has 0 amide bonds. The van der Waals surface area contributed by atoms with E-state index in [1.165, 1.54) is 11.1 Å². The molecule has 35 heavy (non-hydrogen) atoms. The Morgan fingerprint density at radius 1 is 0.943 bits per heavy atom. The molecule has 1 aliphatic heterocycles. The molecule has 1 aliphatic rings. The van der Waals surface area contributed by atoms with Gasteiger partial charge in [0.15, 0.2) is 0 Å². The minimum atomic E-state index is -0.832. The van der Waals surface area contributed by atoms with Crippen molar-refractivity contribution in [3.63, 3.8) is 0 Å². The van der Waals surface area contributed by atoms with E-state index in [-0.39, 0.29) is 25.9 Å². The van der Waals surface area contributed by atoms with Crippen molar-refractivity contribution >= 4 is 17.6 Å². The Bertz CT molecular complexity index is 907. The SMILES string of the molecule is O=C(COCCN1CCN(C(c2ccccc2)c2ccc(Cl)cc2)CC1)OCCCCO[N+](=O)[O-]. The third-order valence-corrected chi connectivity index (χ3v) is 6.10. The lowest BCUT2D eigenvalue weighted by Gasteiger charge is -2.39. The van der Waals surface area contributed by atoms with E-state index in [0.717, 1.165) is 37.7 Å². The zero-order valence-corrected chi connectivity index (χ0v) is 20.5. The summed E-state index contributed by atoms with van der Waals surface area (Å²) in [6.07, 6.45) is 0.952. The molecule has 0 spiro atoms. The summed E-state index contributed by atoms with van der Waals surface area (Å²) in [5, 5.41) is 9.95. The molecular formula is C25H32ClN3O6. The predicted molar refractivity (Wildman–Crippen MR) is 132 cm³/mol. The third-order valence-electron chi connectivity index (χ3n) is 5.84. The maximum atomic E-state index is 11.7. The van der Waals surface area contributed by atoms with Crippen molar-refractivity contribution in [1.82, 2.24) is 9.80 Å². The maximum absolute atomic E-state index is 11.7. The molecule has 1 fully saturated rings. The lowest BCUT2D eigenvalue weighted by Crippen LogP contribution is -2.48. The van der Waals surface area contributed by atoms with Crippen LogP contribution in [0.25, 0.3) is 0 Å². The Morgan fingerprint density at radius 3 is 2.29 bits per heavy atom. The second-order valence-corrected chi connectivity index (χ2v) is 8.72. The van der Waals surface area contributed by atoms with Gasteiger partial charge in [0, 0.05) is 37.7 Å². The van der Waals surface area contributed by atoms with Gasteiger partial charge in [-0.15, -0.1) is 10.1 Å². The molecule has 3 rings (SSSR count). The quantitative estimate of drug-likeness (QED) is 0.166. The standard InChI is InChI=1S/C25H32ClN3O6/c26-23-10-8-22(9-11-23)25(21-6-2-1-3-7-21)28-14-12-27(13-15-28)16-19-33-20-24(30)34-17-4-5-18-35-29(31)32/h1-3,6-11,25H,4-5,12-20H2. The Kier molecular flexibility index (Phi) is 11.2. The zero-order chi connectivity index (χ0) is 24.9. The minimum Gasteiger partial charge on any atom is -0.464 e. The fourth-order valence-electron chi connectivity index (χ4n) is 4.06. The van der Waals surface area contributed by atoms with Crippen LogP contribution in [0.15, 0.2) is 54.6 Å². The summed E-state index contributed by atoms with van der Waals surface area (Å²) in [5.41, 5.74) is 2.48. The monoisotopic (exact) mass is 505 g/mol. The smallest absolute Gasteiger partial charge is 0.332 e. The topological polar surface area (TPSA) is 94.4 Å². The van der Waals surface area contributed by atoms with Crippen molar-refractivity contribution in [3.05, 3.63) is 80.9 Å². The number of halogens is 1. The highest BCUT2D eigenvalue weighted by molar-refractivity contribution is 6.30. The number of piperazine rings is 1. The Morgan fingerprint density at radius 2 is 1.60 bits per heavy atom. The highest BCUT2D eigenvalue weighted by Gasteiger charge is 2.26. The molecular weight excluding hydrogens is 474 g/mol. The first-order valence-electron chi connectivity index (χ1n) is 11.8. The molecule has 0 bridgehead atoms. The number of hydrogen-bond donors (Lipinski definition) is 0. The van der Waals surface area contributed by atoms with Gasteiger partial charge in [0.05, 0.1) is 25.9 Å². The summed E-state index contributed by atoms with van der Waals surface area (Å²) >= 11 is 6.11. The molecule has 0 aromatic heterocycles. The molecule has 2 aromatic carbocycles. The number of unbranched alkanes of at least 4 members (excludes halogenated alkanes) is 1. The maximum Gasteiger partial charge on any atom is 0.332 e. The molecule has 0 aliphatic carbocycles. The van der Waals surface area contributed by atoms with E-state index >= 15 is 0 Å². The first kappa shape index (κ1) is 26.9. The summed E-state index contributed by atoms with van der Waals surface area (Å²) in [4.78, 5) is 30.8. The summed E-state index contributed by atoms with van der Waals surface area (Å²) in [7, 11) is 0. The van der Waals surface area contributed by atoms with E-state index in [4.69, 9.17) is 21.1 Å². The van der Waals surface area contributed by atoms with Gasteiger partial charge in [0.1, 0.15) is 6.61 Å². The van der Waals surface area contributed by atoms with Gasteiger partial charge in [-0.25, -0.2) is 4.79 Å². The van der Waals surface area contributed by atoms with Gasteiger partial charge in [-0.05, 0) is 36.1 Å². The van der Waals surface area contributed by atoms with Gasteiger partial charge >= 0.3 is 5.97 Å². The largest absolute Gasteiger partial charge is 0.464 e. The molecule has 190 valence electrons. The predicted octanol–water partition coefficient (Wildman–Crippen LogP) is 3.60. The van der Waals surface area contributed by atoms with Crippen LogP contribution >= 0.6 is 11.6 Å². The Hall–Kier alpha value is -2.72. The average Bonchev–Trinajstić information content (AvgIpc) is 2.87. The first-order chi connectivity index (χ1) is 17.0. The van der Waals surface area contributed by atoms with Gasteiger partial charge in [-0.1, -0.05) is 54.1 Å². The van der Waals surface area contributed by atoms with Crippen LogP contribution in [0.3, 0.4) is 0 Å². The van der Waals surface area contributed by atoms with Gasteiger partial charge < -0.3 is 14.3 Å². The van der Waals surface area contributed by atoms with Crippen LogP contribution in [0.1, 0.15) is 30.0 Å². The zero-order valence-electron chi connectivity index (χ0n) is 19.7. The van der Waals surface area contributed by atoms with Crippen LogP contribution < -0.4 is 0 Å². The molecule has 0 saturated carbocycles. The van der Waals surface area contributed by atoms with Crippen LogP contribution in [0.4, 0.5) is 0 Å². The van der Waals surface area contributed by atoms with Crippen molar-refractivity contribution in [3.8, 4) is 0 Å². The number of benzene rings is 2. The van der Waals surface area contributed by atoms with Crippen molar-refractivity contribution in [2.75, 3.05) is 59.2 Å². The van der Waals surface area contributed by atoms with Crippen LogP contribution in [0, 0.1) is 10.1 Å². The number of ether oxygens (including phenoxy) is 2. The number of nitrogens with zero attached hydrogens (tertiary/aromatic N) is 3. The Balaban J connectivity index is 1.35. The van der Waals surface area contributed by atoms with Gasteiger partial charge in [0.2, 0.25) is 0 Å². The fraction of sp³-hybridized carbons (Fsp3) is 0.480. The van der Waals surface area contributed by atoms with E-state index < -0.39 is 11.1 Å². The average molecular weight is 506 g/mol. The lowest BCUT2D eigenvalue weighted by molar-refractivity contribution is -0.757. The van der Waals surface area contributed by atoms with Crippen LogP contribution in [0.5, 0.6) is 0 Å². The molecule has 9 nitrogen and oxygen atoms in total. The number of carbonyl (C=O) groups excluding carboxylic acids is 1. The molecule has 1 saturated heterocycles. The third kappa shape index (κ3) is 9.45. The minimum absolute atomic E-state index is 0.000108. The normalized spacial score (nSPS) is 15.5. The van der Waals surface area contributed by atoms with E-state index in [9.17, 15) is 14.9 Å². The molecule has 0 N–H and O–H groups in total. The molecule has 1 atom stereocenters. The second kappa shape index (κ2) is 14.6. The highest BCUT2D eigenvalue weighted by Crippen LogP contribution is 2.30. The summed E-state index contributed by atoms with van der Waals surface area (Å²) in [6.45, 7) is 4.96.